The van der Waals surface area contributed by atoms with Gasteiger partial charge in [0, 0.05) is 11.8 Å². The van der Waals surface area contributed by atoms with Crippen molar-refractivity contribution in [3.63, 3.8) is 0 Å². The maximum atomic E-state index is 13.9. The maximum absolute atomic E-state index is 13.9. The molecule has 2 aromatic carbocycles. The Balaban J connectivity index is 1.63. The number of carbonyl (C=O) groups is 1. The molecule has 0 bridgehead atoms. The van der Waals surface area contributed by atoms with Crippen molar-refractivity contribution in [3.8, 4) is 5.75 Å². The summed E-state index contributed by atoms with van der Waals surface area (Å²) in [6.45, 7) is 3.90. The van der Waals surface area contributed by atoms with Gasteiger partial charge in [-0.05, 0) is 43.0 Å². The zero-order chi connectivity index (χ0) is 22.0. The Labute approximate surface area is 189 Å². The number of hydrogen-bond donors (Lipinski definition) is 0. The summed E-state index contributed by atoms with van der Waals surface area (Å²) in [7, 11) is 0. The lowest BCUT2D eigenvalue weighted by Gasteiger charge is -2.33. The molecule has 2 aromatic rings. The highest BCUT2D eigenvalue weighted by Gasteiger charge is 2.37. The molecule has 0 saturated carbocycles. The van der Waals surface area contributed by atoms with E-state index in [1.807, 2.05) is 22.6 Å². The average molecular weight is 459 g/mol. The van der Waals surface area contributed by atoms with Gasteiger partial charge in [-0.2, -0.15) is 0 Å². The first-order valence-electron chi connectivity index (χ1n) is 9.73. The molecule has 31 heavy (non-hydrogen) atoms. The minimum Gasteiger partial charge on any atom is -0.487 e. The molecule has 0 radical (unpaired) electrons. The van der Waals surface area contributed by atoms with Gasteiger partial charge in [0.05, 0.1) is 28.9 Å². The summed E-state index contributed by atoms with van der Waals surface area (Å²) in [6, 6.07) is 11.3. The van der Waals surface area contributed by atoms with E-state index in [0.29, 0.717) is 27.6 Å². The number of aliphatic imine (C=N–C) groups is 1. The van der Waals surface area contributed by atoms with Crippen LogP contribution in [0.1, 0.15) is 31.0 Å². The Hall–Kier alpha value is -2.77. The minimum absolute atomic E-state index is 0.0601. The van der Waals surface area contributed by atoms with Gasteiger partial charge in [0.2, 0.25) is 0 Å². The van der Waals surface area contributed by atoms with E-state index >= 15 is 0 Å². The van der Waals surface area contributed by atoms with Gasteiger partial charge in [-0.15, -0.1) is 0 Å². The van der Waals surface area contributed by atoms with Crippen molar-refractivity contribution >= 4 is 34.5 Å². The van der Waals surface area contributed by atoms with Gasteiger partial charge < -0.3 is 14.4 Å². The van der Waals surface area contributed by atoms with Crippen LogP contribution in [-0.2, 0) is 16.1 Å². The standard InChI is InChI=1S/C23H20ClFN2O3S/c1-3-29-22(28)20-14(2)26-23-27(10-11-31-23)21(20)15-8-9-19(17(24)12-15)30-13-16-6-4-5-7-18(16)25/h4-12,21H,3,13H2,1-2H3. The monoisotopic (exact) mass is 458 g/mol. The van der Waals surface area contributed by atoms with Gasteiger partial charge in [-0.1, -0.05) is 47.6 Å². The fourth-order valence-electron chi connectivity index (χ4n) is 3.47. The fourth-order valence-corrected chi connectivity index (χ4v) is 4.51. The fraction of sp³-hybridized carbons (Fsp3) is 0.217. The number of carbonyl (C=O) groups excluding carboxylic acids is 1. The van der Waals surface area contributed by atoms with Gasteiger partial charge in [-0.3, -0.25) is 0 Å². The molecule has 160 valence electrons. The van der Waals surface area contributed by atoms with Crippen LogP contribution in [0.4, 0.5) is 4.39 Å². The van der Waals surface area contributed by atoms with Crippen LogP contribution in [0.5, 0.6) is 5.75 Å². The van der Waals surface area contributed by atoms with Crippen LogP contribution < -0.4 is 4.74 Å². The Bertz CT molecular complexity index is 1120. The molecule has 0 aliphatic carbocycles. The van der Waals surface area contributed by atoms with Gasteiger partial charge in [0.15, 0.2) is 5.17 Å². The molecule has 5 nitrogen and oxygen atoms in total. The molecule has 0 N–H and O–H groups in total. The van der Waals surface area contributed by atoms with E-state index in [-0.39, 0.29) is 19.0 Å². The molecule has 0 saturated heterocycles. The van der Waals surface area contributed by atoms with Crippen LogP contribution in [0.3, 0.4) is 0 Å². The van der Waals surface area contributed by atoms with Crippen molar-refractivity contribution in [2.45, 2.75) is 26.5 Å². The van der Waals surface area contributed by atoms with Crippen molar-refractivity contribution in [2.75, 3.05) is 6.61 Å². The summed E-state index contributed by atoms with van der Waals surface area (Å²) in [5.41, 5.74) is 2.32. The van der Waals surface area contributed by atoms with Crippen LogP contribution in [0.2, 0.25) is 5.02 Å². The summed E-state index contributed by atoms with van der Waals surface area (Å²) >= 11 is 7.99. The number of allylic oxidation sites excluding steroid dienone is 1. The number of amidine groups is 1. The van der Waals surface area contributed by atoms with Gasteiger partial charge in [-0.25, -0.2) is 14.2 Å². The summed E-state index contributed by atoms with van der Waals surface area (Å²) in [5.74, 6) is -0.306. The number of thioether (sulfide) groups is 1. The summed E-state index contributed by atoms with van der Waals surface area (Å²) in [6.07, 6.45) is 1.89. The lowest BCUT2D eigenvalue weighted by molar-refractivity contribution is -0.139. The summed E-state index contributed by atoms with van der Waals surface area (Å²) in [4.78, 5) is 19.2. The molecule has 4 rings (SSSR count). The van der Waals surface area contributed by atoms with Crippen molar-refractivity contribution in [1.29, 1.82) is 0 Å². The molecule has 8 heteroatoms. The third-order valence-corrected chi connectivity index (χ3v) is 5.99. The third-order valence-electron chi connectivity index (χ3n) is 4.93. The van der Waals surface area contributed by atoms with Crippen LogP contribution in [0.25, 0.3) is 0 Å². The zero-order valence-corrected chi connectivity index (χ0v) is 18.5. The lowest BCUT2D eigenvalue weighted by atomic mass is 9.94. The molecular formula is C23H20ClFN2O3S. The number of ether oxygens (including phenoxy) is 2. The van der Waals surface area contributed by atoms with Crippen molar-refractivity contribution in [3.05, 3.63) is 87.3 Å². The second-order valence-electron chi connectivity index (χ2n) is 6.90. The SMILES string of the molecule is CCOC(=O)C1=C(C)N=C2SC=CN2C1c1ccc(OCc2ccccc2F)c(Cl)c1. The Morgan fingerprint density at radius 1 is 1.29 bits per heavy atom. The summed E-state index contributed by atoms with van der Waals surface area (Å²) < 4.78 is 24.9. The molecule has 2 heterocycles. The smallest absolute Gasteiger partial charge is 0.338 e. The second-order valence-corrected chi connectivity index (χ2v) is 8.18. The Morgan fingerprint density at radius 3 is 2.84 bits per heavy atom. The Kier molecular flexibility index (Phi) is 6.34. The second kappa shape index (κ2) is 9.16. The first-order valence-corrected chi connectivity index (χ1v) is 11.0. The molecule has 1 unspecified atom stereocenters. The van der Waals surface area contributed by atoms with Crippen LogP contribution in [-0.4, -0.2) is 22.6 Å². The van der Waals surface area contributed by atoms with Crippen molar-refractivity contribution in [2.24, 2.45) is 4.99 Å². The molecule has 2 aliphatic rings. The predicted molar refractivity (Wildman–Crippen MR) is 120 cm³/mol. The maximum Gasteiger partial charge on any atom is 0.338 e. The van der Waals surface area contributed by atoms with Gasteiger partial charge in [0.25, 0.3) is 0 Å². The number of rotatable bonds is 6. The number of benzene rings is 2. The van der Waals surface area contributed by atoms with E-state index in [0.717, 1.165) is 10.7 Å². The quantitative estimate of drug-likeness (QED) is 0.510. The largest absolute Gasteiger partial charge is 0.487 e. The van der Waals surface area contributed by atoms with Crippen LogP contribution in [0, 0.1) is 5.82 Å². The third kappa shape index (κ3) is 4.34. The van der Waals surface area contributed by atoms with E-state index in [2.05, 4.69) is 4.99 Å². The van der Waals surface area contributed by atoms with E-state index < -0.39 is 12.0 Å². The zero-order valence-electron chi connectivity index (χ0n) is 17.0. The topological polar surface area (TPSA) is 51.1 Å². The van der Waals surface area contributed by atoms with E-state index in [4.69, 9.17) is 21.1 Å². The highest BCUT2D eigenvalue weighted by Crippen LogP contribution is 2.42. The molecule has 0 amide bonds. The van der Waals surface area contributed by atoms with Crippen molar-refractivity contribution < 1.29 is 18.7 Å². The predicted octanol–water partition coefficient (Wildman–Crippen LogP) is 5.83. The molecule has 2 aliphatic heterocycles. The van der Waals surface area contributed by atoms with E-state index in [9.17, 15) is 9.18 Å². The summed E-state index contributed by atoms with van der Waals surface area (Å²) in [5, 5.41) is 3.07. The lowest BCUT2D eigenvalue weighted by Crippen LogP contribution is -2.34. The van der Waals surface area contributed by atoms with E-state index in [1.54, 1.807) is 44.2 Å². The molecule has 0 spiro atoms. The highest BCUT2D eigenvalue weighted by molar-refractivity contribution is 8.16. The molecular weight excluding hydrogens is 439 g/mol. The average Bonchev–Trinajstić information content (AvgIpc) is 3.21. The minimum atomic E-state index is -0.420. The number of halogens is 2. The van der Waals surface area contributed by atoms with Gasteiger partial charge >= 0.3 is 5.97 Å². The highest BCUT2D eigenvalue weighted by atomic mass is 35.5. The first-order chi connectivity index (χ1) is 15.0. The number of fused-ring (bicyclic) bond motifs is 1. The normalized spacial score (nSPS) is 17.5. The molecule has 0 aromatic heterocycles. The van der Waals surface area contributed by atoms with E-state index in [1.165, 1.54) is 17.8 Å². The number of esters is 1. The molecule has 1 atom stereocenters. The number of nitrogens with zero attached hydrogens (tertiary/aromatic N) is 2. The number of hydrogen-bond acceptors (Lipinski definition) is 6. The van der Waals surface area contributed by atoms with Crippen molar-refractivity contribution in [1.82, 2.24) is 4.90 Å². The van der Waals surface area contributed by atoms with Crippen LogP contribution >= 0.6 is 23.4 Å². The van der Waals surface area contributed by atoms with Gasteiger partial charge in [0.1, 0.15) is 18.2 Å². The Morgan fingerprint density at radius 2 is 2.10 bits per heavy atom. The molecule has 0 fully saturated rings. The first kappa shape index (κ1) is 21.5. The van der Waals surface area contributed by atoms with Crippen LogP contribution in [0.15, 0.2) is 70.3 Å².